The lowest BCUT2D eigenvalue weighted by Gasteiger charge is -2.02. The van der Waals surface area contributed by atoms with Crippen LogP contribution in [0.25, 0.3) is 11.3 Å². The van der Waals surface area contributed by atoms with Crippen molar-refractivity contribution in [1.29, 1.82) is 0 Å². The molecule has 16 heavy (non-hydrogen) atoms. The molecule has 2 rings (SSSR count). The fourth-order valence-electron chi connectivity index (χ4n) is 1.31. The molecule has 1 amide bonds. The van der Waals surface area contributed by atoms with Crippen molar-refractivity contribution in [3.05, 3.63) is 24.3 Å². The van der Waals surface area contributed by atoms with E-state index in [1.54, 1.807) is 24.3 Å². The maximum atomic E-state index is 10.8. The molecule has 1 aromatic carbocycles. The van der Waals surface area contributed by atoms with Crippen LogP contribution in [-0.2, 0) is 4.79 Å². The number of aromatic nitrogens is 2. The van der Waals surface area contributed by atoms with Crippen molar-refractivity contribution in [3.8, 4) is 11.3 Å². The molecule has 0 spiro atoms. The van der Waals surface area contributed by atoms with Crippen LogP contribution >= 0.6 is 0 Å². The number of carbonyl (C=O) groups is 1. The number of carbonyl (C=O) groups excluding carboxylic acids is 1. The number of rotatable bonds is 2. The normalized spacial score (nSPS) is 10.1. The van der Waals surface area contributed by atoms with Crippen LogP contribution in [0.1, 0.15) is 6.92 Å². The molecule has 1 heterocycles. The number of nitrogens with zero attached hydrogens (tertiary/aromatic N) is 2. The minimum Gasteiger partial charge on any atom is -0.379 e. The van der Waals surface area contributed by atoms with E-state index in [0.29, 0.717) is 11.4 Å². The van der Waals surface area contributed by atoms with Gasteiger partial charge in [0.05, 0.1) is 0 Å². The standard InChI is InChI=1S/C10H10N4O2/c1-6(15)12-8-4-2-7(3-5-8)9-10(11)14-16-13-9/h2-5H,1H3,(H2,11,14)(H,12,15). The Hall–Kier alpha value is -2.37. The molecule has 0 fully saturated rings. The highest BCUT2D eigenvalue weighted by atomic mass is 16.6. The van der Waals surface area contributed by atoms with Gasteiger partial charge in [-0.3, -0.25) is 4.79 Å². The average molecular weight is 218 g/mol. The largest absolute Gasteiger partial charge is 0.379 e. The van der Waals surface area contributed by atoms with Gasteiger partial charge in [0.25, 0.3) is 0 Å². The number of nitrogens with one attached hydrogen (secondary N) is 1. The molecule has 82 valence electrons. The molecule has 0 atom stereocenters. The Morgan fingerprint density at radius 2 is 2.00 bits per heavy atom. The van der Waals surface area contributed by atoms with E-state index in [-0.39, 0.29) is 11.7 Å². The van der Waals surface area contributed by atoms with Crippen LogP contribution in [0.15, 0.2) is 28.9 Å². The number of nitrogen functional groups attached to an aromatic ring is 1. The van der Waals surface area contributed by atoms with Gasteiger partial charge in [-0.15, -0.1) is 0 Å². The van der Waals surface area contributed by atoms with Crippen molar-refractivity contribution >= 4 is 17.4 Å². The Morgan fingerprint density at radius 3 is 2.50 bits per heavy atom. The second kappa shape index (κ2) is 4.01. The molecule has 0 aliphatic rings. The summed E-state index contributed by atoms with van der Waals surface area (Å²) >= 11 is 0. The first-order valence-corrected chi connectivity index (χ1v) is 4.63. The summed E-state index contributed by atoms with van der Waals surface area (Å²) in [5, 5.41) is 9.83. The highest BCUT2D eigenvalue weighted by Crippen LogP contribution is 2.23. The van der Waals surface area contributed by atoms with E-state index in [4.69, 9.17) is 5.73 Å². The predicted octanol–water partition coefficient (Wildman–Crippen LogP) is 1.28. The number of hydrogen-bond acceptors (Lipinski definition) is 5. The summed E-state index contributed by atoms with van der Waals surface area (Å²) in [5.74, 6) is 0.127. The quantitative estimate of drug-likeness (QED) is 0.791. The van der Waals surface area contributed by atoms with E-state index in [9.17, 15) is 4.79 Å². The molecule has 0 saturated carbocycles. The molecule has 2 aromatic rings. The minimum absolute atomic E-state index is 0.115. The molecule has 3 N–H and O–H groups in total. The van der Waals surface area contributed by atoms with Crippen LogP contribution in [0, 0.1) is 0 Å². The molecule has 0 aliphatic carbocycles. The summed E-state index contributed by atoms with van der Waals surface area (Å²) in [6.07, 6.45) is 0. The third-order valence-electron chi connectivity index (χ3n) is 1.99. The SMILES string of the molecule is CC(=O)Nc1ccc(-c2nonc2N)cc1. The van der Waals surface area contributed by atoms with E-state index in [1.165, 1.54) is 6.92 Å². The zero-order chi connectivity index (χ0) is 11.5. The summed E-state index contributed by atoms with van der Waals surface area (Å²) < 4.78 is 4.50. The molecule has 0 aliphatic heterocycles. The van der Waals surface area contributed by atoms with E-state index >= 15 is 0 Å². The van der Waals surface area contributed by atoms with E-state index < -0.39 is 0 Å². The number of amides is 1. The van der Waals surface area contributed by atoms with Crippen LogP contribution in [-0.4, -0.2) is 16.2 Å². The molecular weight excluding hydrogens is 208 g/mol. The second-order valence-electron chi connectivity index (χ2n) is 3.26. The van der Waals surface area contributed by atoms with Crippen molar-refractivity contribution in [3.63, 3.8) is 0 Å². The lowest BCUT2D eigenvalue weighted by molar-refractivity contribution is -0.114. The molecule has 0 unspecified atom stereocenters. The van der Waals surface area contributed by atoms with Gasteiger partial charge in [-0.1, -0.05) is 12.1 Å². The minimum atomic E-state index is -0.115. The number of hydrogen-bond donors (Lipinski definition) is 2. The lowest BCUT2D eigenvalue weighted by atomic mass is 10.1. The van der Waals surface area contributed by atoms with Gasteiger partial charge >= 0.3 is 0 Å². The van der Waals surface area contributed by atoms with Gasteiger partial charge < -0.3 is 11.1 Å². The first-order chi connectivity index (χ1) is 7.66. The van der Waals surface area contributed by atoms with Gasteiger partial charge in [-0.25, -0.2) is 4.63 Å². The van der Waals surface area contributed by atoms with Crippen molar-refractivity contribution in [2.45, 2.75) is 6.92 Å². The van der Waals surface area contributed by atoms with Gasteiger partial charge in [-0.05, 0) is 22.4 Å². The topological polar surface area (TPSA) is 94.0 Å². The molecule has 1 aromatic heterocycles. The van der Waals surface area contributed by atoms with E-state index in [2.05, 4.69) is 20.3 Å². The third kappa shape index (κ3) is 2.00. The maximum Gasteiger partial charge on any atom is 0.221 e. The predicted molar refractivity (Wildman–Crippen MR) is 58.5 cm³/mol. The lowest BCUT2D eigenvalue weighted by Crippen LogP contribution is -2.05. The molecule has 6 heteroatoms. The highest BCUT2D eigenvalue weighted by Gasteiger charge is 2.08. The zero-order valence-corrected chi connectivity index (χ0v) is 8.60. The van der Waals surface area contributed by atoms with E-state index in [1.807, 2.05) is 0 Å². The monoisotopic (exact) mass is 218 g/mol. The third-order valence-corrected chi connectivity index (χ3v) is 1.99. The summed E-state index contributed by atoms with van der Waals surface area (Å²) in [7, 11) is 0. The first-order valence-electron chi connectivity index (χ1n) is 4.63. The number of nitrogens with two attached hydrogens (primary N) is 1. The number of benzene rings is 1. The van der Waals surface area contributed by atoms with Gasteiger partial charge in [0.2, 0.25) is 5.91 Å². The van der Waals surface area contributed by atoms with E-state index in [0.717, 1.165) is 5.56 Å². The highest BCUT2D eigenvalue weighted by molar-refractivity contribution is 5.89. The summed E-state index contributed by atoms with van der Waals surface area (Å²) in [5.41, 5.74) is 7.55. The molecular formula is C10H10N4O2. The number of anilines is 2. The smallest absolute Gasteiger partial charge is 0.221 e. The molecule has 0 saturated heterocycles. The molecule has 6 nitrogen and oxygen atoms in total. The van der Waals surface area contributed by atoms with Gasteiger partial charge in [0.1, 0.15) is 0 Å². The zero-order valence-electron chi connectivity index (χ0n) is 8.60. The van der Waals surface area contributed by atoms with Gasteiger partial charge in [0.15, 0.2) is 11.5 Å². The van der Waals surface area contributed by atoms with Crippen LogP contribution in [0.5, 0.6) is 0 Å². The average Bonchev–Trinajstić information content (AvgIpc) is 2.65. The first kappa shape index (κ1) is 10.2. The van der Waals surface area contributed by atoms with Crippen LogP contribution < -0.4 is 11.1 Å². The van der Waals surface area contributed by atoms with Crippen LogP contribution in [0.3, 0.4) is 0 Å². The summed E-state index contributed by atoms with van der Waals surface area (Å²) in [6.45, 7) is 1.45. The Morgan fingerprint density at radius 1 is 1.31 bits per heavy atom. The molecule has 0 bridgehead atoms. The Balaban J connectivity index is 2.26. The Kier molecular flexibility index (Phi) is 2.55. The fraction of sp³-hybridized carbons (Fsp3) is 0.100. The summed E-state index contributed by atoms with van der Waals surface area (Å²) in [4.78, 5) is 10.8. The molecule has 0 radical (unpaired) electrons. The van der Waals surface area contributed by atoms with Crippen molar-refractivity contribution < 1.29 is 9.42 Å². The maximum absolute atomic E-state index is 10.8. The Bertz CT molecular complexity index is 504. The van der Waals surface area contributed by atoms with Crippen LogP contribution in [0.4, 0.5) is 11.5 Å². The van der Waals surface area contributed by atoms with Crippen molar-refractivity contribution in [2.75, 3.05) is 11.1 Å². The summed E-state index contributed by atoms with van der Waals surface area (Å²) in [6, 6.07) is 7.07. The van der Waals surface area contributed by atoms with Gasteiger partial charge in [0, 0.05) is 18.2 Å². The van der Waals surface area contributed by atoms with Crippen molar-refractivity contribution in [2.24, 2.45) is 0 Å². The Labute approximate surface area is 91.4 Å². The van der Waals surface area contributed by atoms with Gasteiger partial charge in [-0.2, -0.15) is 0 Å². The van der Waals surface area contributed by atoms with Crippen LogP contribution in [0.2, 0.25) is 0 Å². The second-order valence-corrected chi connectivity index (χ2v) is 3.26. The van der Waals surface area contributed by atoms with Crippen molar-refractivity contribution in [1.82, 2.24) is 10.3 Å². The fourth-order valence-corrected chi connectivity index (χ4v) is 1.31.